The van der Waals surface area contributed by atoms with Crippen LogP contribution in [0.3, 0.4) is 0 Å². The zero-order valence-electron chi connectivity index (χ0n) is 11.3. The van der Waals surface area contributed by atoms with Gasteiger partial charge in [-0.05, 0) is 30.0 Å². The van der Waals surface area contributed by atoms with E-state index < -0.39 is 0 Å². The topological polar surface area (TPSA) is 38.0 Å². The maximum atomic E-state index is 5.59. The lowest BCUT2D eigenvalue weighted by Crippen LogP contribution is -2.19. The van der Waals surface area contributed by atoms with Crippen LogP contribution in [0.1, 0.15) is 49.7 Å². The normalized spacial score (nSPS) is 16.9. The van der Waals surface area contributed by atoms with Crippen molar-refractivity contribution in [2.24, 2.45) is 11.7 Å². The molecular formula is C16H26N2. The summed E-state index contributed by atoms with van der Waals surface area (Å²) < 4.78 is 0. The standard InChI is InChI=1S/C16H26N2/c17-12-15-6-8-16(9-7-15)13-18-11-10-14-4-2-1-3-5-14/h6-9,14,18H,1-5,10-13,17H2. The second-order valence-electron chi connectivity index (χ2n) is 5.49. The molecule has 2 nitrogen and oxygen atoms in total. The number of rotatable bonds is 6. The molecule has 0 bridgehead atoms. The summed E-state index contributed by atoms with van der Waals surface area (Å²) in [7, 11) is 0. The van der Waals surface area contributed by atoms with Gasteiger partial charge >= 0.3 is 0 Å². The predicted octanol–water partition coefficient (Wildman–Crippen LogP) is 3.21. The molecule has 0 saturated heterocycles. The summed E-state index contributed by atoms with van der Waals surface area (Å²) in [6.45, 7) is 2.77. The number of nitrogens with one attached hydrogen (secondary N) is 1. The van der Waals surface area contributed by atoms with E-state index in [2.05, 4.69) is 29.6 Å². The molecule has 2 heteroatoms. The minimum Gasteiger partial charge on any atom is -0.326 e. The van der Waals surface area contributed by atoms with Gasteiger partial charge < -0.3 is 11.1 Å². The van der Waals surface area contributed by atoms with E-state index in [-0.39, 0.29) is 0 Å². The summed E-state index contributed by atoms with van der Waals surface area (Å²) >= 11 is 0. The molecule has 1 saturated carbocycles. The lowest BCUT2D eigenvalue weighted by Gasteiger charge is -2.21. The van der Waals surface area contributed by atoms with E-state index in [0.29, 0.717) is 6.54 Å². The third kappa shape index (κ3) is 4.43. The molecule has 1 fully saturated rings. The van der Waals surface area contributed by atoms with E-state index in [1.54, 1.807) is 0 Å². The number of hydrogen-bond acceptors (Lipinski definition) is 2. The van der Waals surface area contributed by atoms with E-state index in [9.17, 15) is 0 Å². The van der Waals surface area contributed by atoms with Crippen LogP contribution in [0, 0.1) is 5.92 Å². The minimum absolute atomic E-state index is 0.634. The molecule has 1 aromatic carbocycles. The Bertz CT molecular complexity index is 325. The van der Waals surface area contributed by atoms with Crippen LogP contribution in [0.5, 0.6) is 0 Å². The van der Waals surface area contributed by atoms with E-state index >= 15 is 0 Å². The van der Waals surface area contributed by atoms with E-state index in [4.69, 9.17) is 5.73 Å². The van der Waals surface area contributed by atoms with Crippen LogP contribution < -0.4 is 11.1 Å². The van der Waals surface area contributed by atoms with Crippen LogP contribution in [-0.2, 0) is 13.1 Å². The van der Waals surface area contributed by atoms with Crippen LogP contribution in [0.2, 0.25) is 0 Å². The summed E-state index contributed by atoms with van der Waals surface area (Å²) in [6, 6.07) is 8.60. The average Bonchev–Trinajstić information content (AvgIpc) is 2.45. The Balaban J connectivity index is 1.62. The van der Waals surface area contributed by atoms with E-state index in [1.165, 1.54) is 49.7 Å². The van der Waals surface area contributed by atoms with Crippen molar-refractivity contribution in [2.75, 3.05) is 6.54 Å². The van der Waals surface area contributed by atoms with Crippen molar-refractivity contribution >= 4 is 0 Å². The first-order valence-electron chi connectivity index (χ1n) is 7.37. The molecule has 3 N–H and O–H groups in total. The molecule has 0 atom stereocenters. The Labute approximate surface area is 111 Å². The van der Waals surface area contributed by atoms with Crippen molar-refractivity contribution in [3.05, 3.63) is 35.4 Å². The van der Waals surface area contributed by atoms with Crippen molar-refractivity contribution in [2.45, 2.75) is 51.6 Å². The first kappa shape index (κ1) is 13.6. The molecule has 100 valence electrons. The van der Waals surface area contributed by atoms with Crippen molar-refractivity contribution in [1.29, 1.82) is 0 Å². The highest BCUT2D eigenvalue weighted by molar-refractivity contribution is 5.22. The minimum atomic E-state index is 0.634. The second kappa shape index (κ2) is 7.55. The molecule has 1 aliphatic rings. The molecular weight excluding hydrogens is 220 g/mol. The number of hydrogen-bond donors (Lipinski definition) is 2. The van der Waals surface area contributed by atoms with Gasteiger partial charge in [-0.15, -0.1) is 0 Å². The zero-order valence-corrected chi connectivity index (χ0v) is 11.3. The van der Waals surface area contributed by atoms with Gasteiger partial charge in [0.25, 0.3) is 0 Å². The van der Waals surface area contributed by atoms with Gasteiger partial charge in [0.15, 0.2) is 0 Å². The molecule has 0 amide bonds. The SMILES string of the molecule is NCc1ccc(CNCCC2CCCCC2)cc1. The number of nitrogens with two attached hydrogens (primary N) is 1. The molecule has 1 aromatic rings. The Morgan fingerprint density at radius 1 is 1.00 bits per heavy atom. The van der Waals surface area contributed by atoms with Crippen LogP contribution >= 0.6 is 0 Å². The maximum Gasteiger partial charge on any atom is 0.0205 e. The fourth-order valence-corrected chi connectivity index (χ4v) is 2.81. The Kier molecular flexibility index (Phi) is 5.69. The van der Waals surface area contributed by atoms with Gasteiger partial charge in [0.2, 0.25) is 0 Å². The lowest BCUT2D eigenvalue weighted by atomic mass is 9.87. The van der Waals surface area contributed by atoms with Crippen LogP contribution in [0.4, 0.5) is 0 Å². The van der Waals surface area contributed by atoms with Crippen molar-refractivity contribution in [1.82, 2.24) is 5.32 Å². The fraction of sp³-hybridized carbons (Fsp3) is 0.625. The van der Waals surface area contributed by atoms with Crippen molar-refractivity contribution in [3.8, 4) is 0 Å². The monoisotopic (exact) mass is 246 g/mol. The molecule has 1 aliphatic carbocycles. The van der Waals surface area contributed by atoms with Gasteiger partial charge in [-0.3, -0.25) is 0 Å². The lowest BCUT2D eigenvalue weighted by molar-refractivity contribution is 0.334. The van der Waals surface area contributed by atoms with Crippen molar-refractivity contribution in [3.63, 3.8) is 0 Å². The Morgan fingerprint density at radius 3 is 2.33 bits per heavy atom. The molecule has 0 aliphatic heterocycles. The summed E-state index contributed by atoms with van der Waals surface area (Å²) in [6.07, 6.45) is 8.61. The van der Waals surface area contributed by atoms with Gasteiger partial charge in [-0.25, -0.2) is 0 Å². The average molecular weight is 246 g/mol. The molecule has 0 spiro atoms. The highest BCUT2D eigenvalue weighted by atomic mass is 14.8. The fourth-order valence-electron chi connectivity index (χ4n) is 2.81. The quantitative estimate of drug-likeness (QED) is 0.756. The first-order chi connectivity index (χ1) is 8.88. The second-order valence-corrected chi connectivity index (χ2v) is 5.49. The van der Waals surface area contributed by atoms with Gasteiger partial charge in [0.05, 0.1) is 0 Å². The first-order valence-corrected chi connectivity index (χ1v) is 7.37. The summed E-state index contributed by atoms with van der Waals surface area (Å²) in [5, 5.41) is 3.56. The van der Waals surface area contributed by atoms with Crippen molar-refractivity contribution < 1.29 is 0 Å². The van der Waals surface area contributed by atoms with Crippen LogP contribution in [0.15, 0.2) is 24.3 Å². The summed E-state index contributed by atoms with van der Waals surface area (Å²) in [4.78, 5) is 0. The predicted molar refractivity (Wildman–Crippen MR) is 77.2 cm³/mol. The number of benzene rings is 1. The highest BCUT2D eigenvalue weighted by Gasteiger charge is 2.12. The summed E-state index contributed by atoms with van der Waals surface area (Å²) in [5.74, 6) is 0.978. The third-order valence-corrected chi connectivity index (χ3v) is 4.04. The van der Waals surface area contributed by atoms with Crippen LogP contribution in [-0.4, -0.2) is 6.54 Å². The molecule has 2 rings (SSSR count). The zero-order chi connectivity index (χ0) is 12.6. The van der Waals surface area contributed by atoms with Crippen LogP contribution in [0.25, 0.3) is 0 Å². The molecule has 18 heavy (non-hydrogen) atoms. The summed E-state index contributed by atoms with van der Waals surface area (Å²) in [5.41, 5.74) is 8.15. The molecule has 0 aromatic heterocycles. The highest BCUT2D eigenvalue weighted by Crippen LogP contribution is 2.25. The maximum absolute atomic E-state index is 5.59. The van der Waals surface area contributed by atoms with Gasteiger partial charge in [-0.1, -0.05) is 56.4 Å². The Hall–Kier alpha value is -0.860. The largest absolute Gasteiger partial charge is 0.326 e. The Morgan fingerprint density at radius 2 is 1.67 bits per heavy atom. The molecule has 0 heterocycles. The van der Waals surface area contributed by atoms with E-state index in [1.807, 2.05) is 0 Å². The third-order valence-electron chi connectivity index (χ3n) is 4.04. The molecule has 0 radical (unpaired) electrons. The van der Waals surface area contributed by atoms with E-state index in [0.717, 1.165) is 19.0 Å². The van der Waals surface area contributed by atoms with Gasteiger partial charge in [0, 0.05) is 13.1 Å². The smallest absolute Gasteiger partial charge is 0.0205 e. The van der Waals surface area contributed by atoms with Gasteiger partial charge in [0.1, 0.15) is 0 Å². The van der Waals surface area contributed by atoms with Gasteiger partial charge in [-0.2, -0.15) is 0 Å². The molecule has 0 unspecified atom stereocenters.